The highest BCUT2D eigenvalue weighted by Gasteiger charge is 2.39. The number of para-hydroxylation sites is 1. The zero-order valence-electron chi connectivity index (χ0n) is 18.4. The van der Waals surface area contributed by atoms with E-state index in [1.165, 1.54) is 18.2 Å². The molecule has 0 radical (unpaired) electrons. The third kappa shape index (κ3) is 5.45. The van der Waals surface area contributed by atoms with Crippen LogP contribution in [0.4, 0.5) is 5.69 Å². The standard InChI is InChI=1S/C26H25BrN2O3S/c1-3-14-32-24-18(15-19(27)17-22(24)31-2)16-23-25(30)29(21-12-8-5-9-13-21)26(33-23)28-20-10-6-4-7-11-20/h1,4,6-7,10-11,15-17,21H,5,8-9,12-14H2,2H3/b23-16-,28-26?. The second-order valence-corrected chi connectivity index (χ2v) is 9.75. The number of hydrogen-bond acceptors (Lipinski definition) is 5. The number of rotatable bonds is 6. The monoisotopic (exact) mass is 524 g/mol. The van der Waals surface area contributed by atoms with E-state index in [-0.39, 0.29) is 18.6 Å². The van der Waals surface area contributed by atoms with Gasteiger partial charge in [-0.2, -0.15) is 0 Å². The minimum absolute atomic E-state index is 0.0246. The lowest BCUT2D eigenvalue weighted by Gasteiger charge is -2.30. The van der Waals surface area contributed by atoms with Gasteiger partial charge in [0.25, 0.3) is 5.91 Å². The highest BCUT2D eigenvalue weighted by molar-refractivity contribution is 9.10. The summed E-state index contributed by atoms with van der Waals surface area (Å²) in [6, 6.07) is 13.6. The predicted molar refractivity (Wildman–Crippen MR) is 138 cm³/mol. The average molecular weight is 525 g/mol. The lowest BCUT2D eigenvalue weighted by molar-refractivity contribution is -0.124. The van der Waals surface area contributed by atoms with E-state index in [1.807, 2.05) is 53.4 Å². The molecule has 7 heteroatoms. The fourth-order valence-electron chi connectivity index (χ4n) is 4.10. The summed E-state index contributed by atoms with van der Waals surface area (Å²) in [5.74, 6) is 3.52. The summed E-state index contributed by atoms with van der Waals surface area (Å²) in [5.41, 5.74) is 1.55. The Morgan fingerprint density at radius 3 is 2.70 bits per heavy atom. The van der Waals surface area contributed by atoms with E-state index >= 15 is 0 Å². The van der Waals surface area contributed by atoms with Crippen LogP contribution in [0.2, 0.25) is 0 Å². The molecule has 5 nitrogen and oxygen atoms in total. The van der Waals surface area contributed by atoms with Crippen molar-refractivity contribution in [1.82, 2.24) is 4.90 Å². The summed E-state index contributed by atoms with van der Waals surface area (Å²) in [7, 11) is 1.58. The molecule has 2 aliphatic rings. The Hall–Kier alpha value is -2.69. The number of hydrogen-bond donors (Lipinski definition) is 0. The third-order valence-electron chi connectivity index (χ3n) is 5.61. The number of ether oxygens (including phenoxy) is 2. The van der Waals surface area contributed by atoms with Crippen LogP contribution in [0.25, 0.3) is 6.08 Å². The number of amides is 1. The first-order chi connectivity index (χ1) is 16.1. The Kier molecular flexibility index (Phi) is 7.79. The minimum Gasteiger partial charge on any atom is -0.493 e. The zero-order valence-corrected chi connectivity index (χ0v) is 20.8. The van der Waals surface area contributed by atoms with E-state index in [2.05, 4.69) is 21.9 Å². The van der Waals surface area contributed by atoms with Crippen molar-refractivity contribution in [3.63, 3.8) is 0 Å². The highest BCUT2D eigenvalue weighted by Crippen LogP contribution is 2.41. The Morgan fingerprint density at radius 1 is 1.24 bits per heavy atom. The van der Waals surface area contributed by atoms with Crippen LogP contribution in [0.15, 0.2) is 56.8 Å². The van der Waals surface area contributed by atoms with Gasteiger partial charge in [0.2, 0.25) is 0 Å². The topological polar surface area (TPSA) is 51.1 Å². The molecular formula is C26H25BrN2O3S. The van der Waals surface area contributed by atoms with E-state index in [4.69, 9.17) is 20.9 Å². The molecule has 1 saturated carbocycles. The molecule has 0 bridgehead atoms. The van der Waals surface area contributed by atoms with Crippen LogP contribution in [-0.2, 0) is 4.79 Å². The molecule has 1 amide bonds. The molecule has 2 aromatic rings. The van der Waals surface area contributed by atoms with Crippen molar-refractivity contribution in [2.45, 2.75) is 38.1 Å². The first-order valence-electron chi connectivity index (χ1n) is 10.9. The Balaban J connectivity index is 1.75. The molecule has 0 atom stereocenters. The molecule has 4 rings (SSSR count). The molecule has 33 heavy (non-hydrogen) atoms. The van der Waals surface area contributed by atoms with Crippen molar-refractivity contribution >= 4 is 50.5 Å². The van der Waals surface area contributed by atoms with Gasteiger partial charge in [0, 0.05) is 16.1 Å². The van der Waals surface area contributed by atoms with E-state index in [0.717, 1.165) is 46.6 Å². The number of methoxy groups -OCH3 is 1. The number of thioether (sulfide) groups is 1. The normalized spacial score (nSPS) is 19.2. The van der Waals surface area contributed by atoms with Crippen molar-refractivity contribution in [3.05, 3.63) is 57.4 Å². The van der Waals surface area contributed by atoms with Crippen LogP contribution in [-0.4, -0.2) is 35.7 Å². The first kappa shape index (κ1) is 23.5. The summed E-state index contributed by atoms with van der Waals surface area (Å²) in [5, 5.41) is 0.720. The molecule has 0 aromatic heterocycles. The van der Waals surface area contributed by atoms with Crippen LogP contribution in [0.1, 0.15) is 37.7 Å². The summed E-state index contributed by atoms with van der Waals surface area (Å²) >= 11 is 4.92. The van der Waals surface area contributed by atoms with Crippen molar-refractivity contribution in [2.24, 2.45) is 4.99 Å². The van der Waals surface area contributed by atoms with Crippen LogP contribution in [0, 0.1) is 12.3 Å². The summed E-state index contributed by atoms with van der Waals surface area (Å²) in [4.78, 5) is 20.9. The maximum atomic E-state index is 13.6. The number of aliphatic imine (C=N–C) groups is 1. The van der Waals surface area contributed by atoms with Gasteiger partial charge in [0.1, 0.15) is 6.61 Å². The molecule has 1 aliphatic carbocycles. The largest absolute Gasteiger partial charge is 0.493 e. The second kappa shape index (κ2) is 11.0. The van der Waals surface area contributed by atoms with E-state index in [0.29, 0.717) is 16.4 Å². The first-order valence-corrected chi connectivity index (χ1v) is 12.5. The second-order valence-electron chi connectivity index (χ2n) is 7.83. The maximum Gasteiger partial charge on any atom is 0.267 e. The fraction of sp³-hybridized carbons (Fsp3) is 0.308. The molecule has 0 unspecified atom stereocenters. The van der Waals surface area contributed by atoms with Gasteiger partial charge in [-0.05, 0) is 54.9 Å². The maximum absolute atomic E-state index is 13.6. The fourth-order valence-corrected chi connectivity index (χ4v) is 5.60. The predicted octanol–water partition coefficient (Wildman–Crippen LogP) is 6.41. The Labute approximate surface area is 207 Å². The number of benzene rings is 2. The number of nitrogens with zero attached hydrogens (tertiary/aromatic N) is 2. The number of amidine groups is 1. The van der Waals surface area contributed by atoms with E-state index in [1.54, 1.807) is 7.11 Å². The molecule has 1 saturated heterocycles. The SMILES string of the molecule is C#CCOc1c(/C=C2\SC(=Nc3ccccc3)N(C3CCCCC3)C2=O)cc(Br)cc1OC. The van der Waals surface area contributed by atoms with E-state index in [9.17, 15) is 4.79 Å². The quantitative estimate of drug-likeness (QED) is 0.323. The molecule has 1 aliphatic heterocycles. The number of terminal acetylenes is 1. The number of carbonyl (C=O) groups is 1. The Bertz CT molecular complexity index is 1120. The molecule has 170 valence electrons. The smallest absolute Gasteiger partial charge is 0.267 e. The average Bonchev–Trinajstić information content (AvgIpc) is 3.13. The van der Waals surface area contributed by atoms with Crippen LogP contribution < -0.4 is 9.47 Å². The lowest BCUT2D eigenvalue weighted by Crippen LogP contribution is -2.40. The van der Waals surface area contributed by atoms with Crippen molar-refractivity contribution in [3.8, 4) is 23.8 Å². The summed E-state index contributed by atoms with van der Waals surface area (Å²) in [6.45, 7) is 0.101. The molecular weight excluding hydrogens is 500 g/mol. The van der Waals surface area contributed by atoms with Crippen LogP contribution in [0.3, 0.4) is 0 Å². The van der Waals surface area contributed by atoms with Gasteiger partial charge in [-0.1, -0.05) is 59.3 Å². The van der Waals surface area contributed by atoms with Crippen LogP contribution in [0.5, 0.6) is 11.5 Å². The number of halogens is 1. The van der Waals surface area contributed by atoms with Gasteiger partial charge in [-0.3, -0.25) is 9.69 Å². The molecule has 2 aromatic carbocycles. The van der Waals surface area contributed by atoms with Crippen molar-refractivity contribution in [2.75, 3.05) is 13.7 Å². The van der Waals surface area contributed by atoms with Gasteiger partial charge < -0.3 is 9.47 Å². The van der Waals surface area contributed by atoms with Gasteiger partial charge in [-0.15, -0.1) is 6.42 Å². The summed E-state index contributed by atoms with van der Waals surface area (Å²) in [6.07, 6.45) is 12.7. The third-order valence-corrected chi connectivity index (χ3v) is 7.05. The van der Waals surface area contributed by atoms with E-state index < -0.39 is 0 Å². The van der Waals surface area contributed by atoms with Crippen molar-refractivity contribution in [1.29, 1.82) is 0 Å². The minimum atomic E-state index is -0.0246. The summed E-state index contributed by atoms with van der Waals surface area (Å²) < 4.78 is 12.1. The lowest BCUT2D eigenvalue weighted by atomic mass is 9.94. The zero-order chi connectivity index (χ0) is 23.2. The van der Waals surface area contributed by atoms with Crippen LogP contribution >= 0.6 is 27.7 Å². The highest BCUT2D eigenvalue weighted by atomic mass is 79.9. The van der Waals surface area contributed by atoms with Gasteiger partial charge in [0.15, 0.2) is 16.7 Å². The van der Waals surface area contributed by atoms with Gasteiger partial charge in [-0.25, -0.2) is 4.99 Å². The molecule has 0 N–H and O–H groups in total. The van der Waals surface area contributed by atoms with Gasteiger partial charge in [0.05, 0.1) is 17.7 Å². The Morgan fingerprint density at radius 2 is 2.00 bits per heavy atom. The van der Waals surface area contributed by atoms with Gasteiger partial charge >= 0.3 is 0 Å². The number of carbonyl (C=O) groups excluding carboxylic acids is 1. The van der Waals surface area contributed by atoms with Crippen molar-refractivity contribution < 1.29 is 14.3 Å². The molecule has 2 fully saturated rings. The molecule has 1 heterocycles. The molecule has 0 spiro atoms.